The Hall–Kier alpha value is -1.52. The fraction of sp³-hybridized carbons (Fsp3) is 0.500. The van der Waals surface area contributed by atoms with Crippen molar-refractivity contribution in [2.24, 2.45) is 0 Å². The van der Waals surface area contributed by atoms with Gasteiger partial charge in [-0.2, -0.15) is 0 Å². The van der Waals surface area contributed by atoms with Crippen molar-refractivity contribution >= 4 is 5.78 Å². The van der Waals surface area contributed by atoms with Gasteiger partial charge in [0, 0.05) is 18.9 Å². The first kappa shape index (κ1) is 12.5. The van der Waals surface area contributed by atoms with Gasteiger partial charge < -0.3 is 4.74 Å². The van der Waals surface area contributed by atoms with Crippen molar-refractivity contribution in [3.8, 4) is 5.75 Å². The molecule has 0 bridgehead atoms. The molecule has 1 heterocycles. The van der Waals surface area contributed by atoms with Crippen molar-refractivity contribution in [3.05, 3.63) is 29.6 Å². The van der Waals surface area contributed by atoms with Crippen LogP contribution in [0.1, 0.15) is 42.5 Å². The maximum atomic E-state index is 13.2. The quantitative estimate of drug-likeness (QED) is 0.718. The lowest BCUT2D eigenvalue weighted by atomic mass is 9.77. The topological polar surface area (TPSA) is 26.3 Å². The molecule has 1 aromatic carbocycles. The number of rotatable bonds is 0. The summed E-state index contributed by atoms with van der Waals surface area (Å²) >= 11 is 0. The van der Waals surface area contributed by atoms with Crippen molar-refractivity contribution in [3.63, 3.8) is 0 Å². The van der Waals surface area contributed by atoms with Crippen LogP contribution >= 0.6 is 0 Å². The van der Waals surface area contributed by atoms with Gasteiger partial charge in [0.15, 0.2) is 5.78 Å². The summed E-state index contributed by atoms with van der Waals surface area (Å²) in [5.41, 5.74) is -0.538. The van der Waals surface area contributed by atoms with E-state index < -0.39 is 17.3 Å². The van der Waals surface area contributed by atoms with Crippen LogP contribution in [0.15, 0.2) is 18.2 Å². The van der Waals surface area contributed by atoms with Gasteiger partial charge in [0.2, 0.25) is 5.92 Å². The molecule has 1 aliphatic carbocycles. The fourth-order valence-corrected chi connectivity index (χ4v) is 2.82. The molecule has 1 fully saturated rings. The third-order valence-electron chi connectivity index (χ3n) is 3.95. The first-order valence-corrected chi connectivity index (χ1v) is 6.29. The zero-order valence-electron chi connectivity index (χ0n) is 10.2. The highest BCUT2D eigenvalue weighted by Gasteiger charge is 2.48. The molecule has 2 nitrogen and oxygen atoms in total. The van der Waals surface area contributed by atoms with Crippen molar-refractivity contribution in [2.45, 2.75) is 43.6 Å². The van der Waals surface area contributed by atoms with Crippen LogP contribution in [0.4, 0.5) is 13.2 Å². The third-order valence-corrected chi connectivity index (χ3v) is 3.95. The highest BCUT2D eigenvalue weighted by molar-refractivity contribution is 6.00. The molecule has 2 aliphatic rings. The Morgan fingerprint density at radius 1 is 1.11 bits per heavy atom. The number of hydrogen-bond donors (Lipinski definition) is 0. The molecule has 0 amide bonds. The first-order valence-electron chi connectivity index (χ1n) is 6.29. The van der Waals surface area contributed by atoms with Crippen LogP contribution in [-0.2, 0) is 0 Å². The van der Waals surface area contributed by atoms with Crippen LogP contribution in [0, 0.1) is 5.82 Å². The van der Waals surface area contributed by atoms with E-state index in [1.165, 1.54) is 12.1 Å². The van der Waals surface area contributed by atoms with Crippen molar-refractivity contribution in [1.82, 2.24) is 0 Å². The molecule has 1 saturated carbocycles. The van der Waals surface area contributed by atoms with Gasteiger partial charge in [-0.25, -0.2) is 13.2 Å². The van der Waals surface area contributed by atoms with Crippen LogP contribution in [0.25, 0.3) is 0 Å². The Morgan fingerprint density at radius 3 is 2.47 bits per heavy atom. The zero-order chi connectivity index (χ0) is 13.7. The zero-order valence-corrected chi connectivity index (χ0v) is 10.2. The van der Waals surface area contributed by atoms with E-state index in [2.05, 4.69) is 0 Å². The molecule has 3 rings (SSSR count). The summed E-state index contributed by atoms with van der Waals surface area (Å²) in [6.45, 7) is 0. The second kappa shape index (κ2) is 3.99. The number of hydrogen-bond acceptors (Lipinski definition) is 2. The average Bonchev–Trinajstić information content (AvgIpc) is 2.33. The number of Topliss-reactive ketones (excluding diaryl/α,β-unsaturated/α-hetero) is 1. The number of carbonyl (C=O) groups excluding carboxylic acids is 1. The number of benzene rings is 1. The predicted molar refractivity (Wildman–Crippen MR) is 62.1 cm³/mol. The minimum absolute atomic E-state index is 0.0989. The summed E-state index contributed by atoms with van der Waals surface area (Å²) in [5.74, 6) is -3.16. The molecule has 0 saturated heterocycles. The SMILES string of the molecule is O=C1CC2(CCC(F)(F)CC2)Oc2cc(F)ccc21. The molecule has 0 radical (unpaired) electrons. The van der Waals surface area contributed by atoms with Crippen LogP contribution < -0.4 is 4.74 Å². The third kappa shape index (κ3) is 2.22. The van der Waals surface area contributed by atoms with Gasteiger partial charge in [0.1, 0.15) is 17.2 Å². The molecule has 1 aromatic rings. The minimum Gasteiger partial charge on any atom is -0.486 e. The lowest BCUT2D eigenvalue weighted by Crippen LogP contribution is -2.47. The molecule has 0 unspecified atom stereocenters. The molecule has 0 N–H and O–H groups in total. The summed E-state index contributed by atoms with van der Waals surface area (Å²) in [6, 6.07) is 3.74. The van der Waals surface area contributed by atoms with Crippen LogP contribution in [-0.4, -0.2) is 17.3 Å². The van der Waals surface area contributed by atoms with E-state index in [0.717, 1.165) is 6.07 Å². The molecule has 0 aromatic heterocycles. The van der Waals surface area contributed by atoms with Gasteiger partial charge in [-0.15, -0.1) is 0 Å². The largest absolute Gasteiger partial charge is 0.486 e. The maximum Gasteiger partial charge on any atom is 0.248 e. The number of fused-ring (bicyclic) bond motifs is 1. The fourth-order valence-electron chi connectivity index (χ4n) is 2.82. The number of alkyl halides is 2. The van der Waals surface area contributed by atoms with E-state index in [-0.39, 0.29) is 43.6 Å². The Morgan fingerprint density at radius 2 is 1.79 bits per heavy atom. The second-order valence-electron chi connectivity index (χ2n) is 5.38. The summed E-state index contributed by atoms with van der Waals surface area (Å²) < 4.78 is 45.3. The van der Waals surface area contributed by atoms with Gasteiger partial charge in [-0.1, -0.05) is 0 Å². The van der Waals surface area contributed by atoms with Crippen molar-refractivity contribution in [2.75, 3.05) is 0 Å². The van der Waals surface area contributed by atoms with E-state index in [0.29, 0.717) is 5.56 Å². The molecule has 102 valence electrons. The Labute approximate surface area is 108 Å². The Balaban J connectivity index is 1.90. The number of carbonyl (C=O) groups is 1. The minimum atomic E-state index is -2.68. The van der Waals surface area contributed by atoms with Crippen molar-refractivity contribution < 1.29 is 22.7 Å². The van der Waals surface area contributed by atoms with Gasteiger partial charge in [0.25, 0.3) is 0 Å². The van der Waals surface area contributed by atoms with Crippen LogP contribution in [0.2, 0.25) is 0 Å². The molecule has 1 aliphatic heterocycles. The van der Waals surface area contributed by atoms with Crippen molar-refractivity contribution in [1.29, 1.82) is 0 Å². The highest BCUT2D eigenvalue weighted by Crippen LogP contribution is 2.46. The monoisotopic (exact) mass is 270 g/mol. The molecular formula is C14H13F3O2. The lowest BCUT2D eigenvalue weighted by molar-refractivity contribution is -0.0946. The van der Waals surface area contributed by atoms with E-state index in [1.54, 1.807) is 0 Å². The van der Waals surface area contributed by atoms with Gasteiger partial charge >= 0.3 is 0 Å². The van der Waals surface area contributed by atoms with E-state index >= 15 is 0 Å². The van der Waals surface area contributed by atoms with E-state index in [4.69, 9.17) is 4.74 Å². The molecule has 0 atom stereocenters. The predicted octanol–water partition coefficient (Wildman–Crippen LogP) is 3.74. The highest BCUT2D eigenvalue weighted by atomic mass is 19.3. The van der Waals surface area contributed by atoms with Crippen LogP contribution in [0.5, 0.6) is 5.75 Å². The van der Waals surface area contributed by atoms with Gasteiger partial charge in [0.05, 0.1) is 12.0 Å². The Bertz CT molecular complexity index is 529. The maximum absolute atomic E-state index is 13.2. The molecular weight excluding hydrogens is 257 g/mol. The van der Waals surface area contributed by atoms with Gasteiger partial charge in [-0.3, -0.25) is 4.79 Å². The summed E-state index contributed by atoms with van der Waals surface area (Å²) in [6.07, 6.45) is -0.221. The first-order chi connectivity index (χ1) is 8.89. The number of ketones is 1. The number of ether oxygens (including phenoxy) is 1. The molecule has 5 heteroatoms. The standard InChI is InChI=1S/C14H13F3O2/c15-9-1-2-10-11(18)8-13(19-12(10)7-9)3-5-14(16,17)6-4-13/h1-2,7H,3-6,8H2. The summed E-state index contributed by atoms with van der Waals surface area (Å²) in [5, 5.41) is 0. The normalized spacial score (nSPS) is 23.8. The van der Waals surface area contributed by atoms with E-state index in [9.17, 15) is 18.0 Å². The van der Waals surface area contributed by atoms with E-state index in [1.807, 2.05) is 0 Å². The second-order valence-corrected chi connectivity index (χ2v) is 5.38. The molecule has 19 heavy (non-hydrogen) atoms. The molecule has 1 spiro atoms. The number of halogens is 3. The smallest absolute Gasteiger partial charge is 0.248 e. The Kier molecular flexibility index (Phi) is 2.62. The van der Waals surface area contributed by atoms with Gasteiger partial charge in [-0.05, 0) is 25.0 Å². The summed E-state index contributed by atoms with van der Waals surface area (Å²) in [7, 11) is 0. The average molecular weight is 270 g/mol. The summed E-state index contributed by atoms with van der Waals surface area (Å²) in [4.78, 5) is 12.0. The lowest BCUT2D eigenvalue weighted by Gasteiger charge is -2.42. The van der Waals surface area contributed by atoms with Crippen LogP contribution in [0.3, 0.4) is 0 Å².